The Bertz CT molecular complexity index is 839. The summed E-state index contributed by atoms with van der Waals surface area (Å²) in [4.78, 5) is 11.6. The molecule has 0 bridgehead atoms. The van der Waals surface area contributed by atoms with Crippen LogP contribution >= 0.6 is 11.8 Å². The lowest BCUT2D eigenvalue weighted by atomic mass is 10.1. The van der Waals surface area contributed by atoms with E-state index in [-0.39, 0.29) is 5.57 Å². The summed E-state index contributed by atoms with van der Waals surface area (Å²) in [5.41, 5.74) is 8.31. The Hall–Kier alpha value is -2.91. The summed E-state index contributed by atoms with van der Waals surface area (Å²) < 4.78 is 5.42. The summed E-state index contributed by atoms with van der Waals surface area (Å²) in [6.07, 6.45) is 0. The SMILES string of the molecule is CCOc1ccc(N/C(SCc2ccccc2C)=C(/C#N)C(N)=O)cc1. The highest BCUT2D eigenvalue weighted by molar-refractivity contribution is 8.02. The molecule has 0 saturated heterocycles. The zero-order chi connectivity index (χ0) is 18.9. The Morgan fingerprint density at radius 3 is 2.50 bits per heavy atom. The van der Waals surface area contributed by atoms with Crippen molar-refractivity contribution in [3.8, 4) is 11.8 Å². The number of carbonyl (C=O) groups is 1. The summed E-state index contributed by atoms with van der Waals surface area (Å²) >= 11 is 1.37. The number of primary amides is 1. The molecule has 0 heterocycles. The number of aryl methyl sites for hydroxylation is 1. The minimum atomic E-state index is -0.752. The molecule has 0 saturated carbocycles. The van der Waals surface area contributed by atoms with Crippen LogP contribution in [0.3, 0.4) is 0 Å². The first kappa shape index (κ1) is 19.4. The second kappa shape index (κ2) is 9.54. The molecule has 134 valence electrons. The van der Waals surface area contributed by atoms with E-state index in [1.807, 2.05) is 68.4 Å². The summed E-state index contributed by atoms with van der Waals surface area (Å²) in [5, 5.41) is 12.9. The van der Waals surface area contributed by atoms with E-state index in [9.17, 15) is 10.1 Å². The van der Waals surface area contributed by atoms with Crippen LogP contribution in [0.4, 0.5) is 5.69 Å². The monoisotopic (exact) mass is 367 g/mol. The fraction of sp³-hybridized carbons (Fsp3) is 0.200. The normalized spacial score (nSPS) is 11.3. The number of nitrogens with zero attached hydrogens (tertiary/aromatic N) is 1. The van der Waals surface area contributed by atoms with Gasteiger partial charge in [-0.3, -0.25) is 4.79 Å². The molecule has 0 radical (unpaired) electrons. The maximum Gasteiger partial charge on any atom is 0.262 e. The quantitative estimate of drug-likeness (QED) is 0.545. The van der Waals surface area contributed by atoms with Crippen LogP contribution in [0.5, 0.6) is 5.75 Å². The first-order chi connectivity index (χ1) is 12.5. The number of rotatable bonds is 8. The lowest BCUT2D eigenvalue weighted by molar-refractivity contribution is -0.114. The molecule has 2 rings (SSSR count). The van der Waals surface area contributed by atoms with Gasteiger partial charge in [0.2, 0.25) is 0 Å². The van der Waals surface area contributed by atoms with Gasteiger partial charge in [-0.15, -0.1) is 11.8 Å². The molecule has 0 aliphatic rings. The lowest BCUT2D eigenvalue weighted by Crippen LogP contribution is -2.16. The van der Waals surface area contributed by atoms with Crippen LogP contribution in [0, 0.1) is 18.3 Å². The summed E-state index contributed by atoms with van der Waals surface area (Å²) in [6, 6.07) is 17.2. The molecule has 0 unspecified atom stereocenters. The van der Waals surface area contributed by atoms with Crippen LogP contribution in [-0.4, -0.2) is 12.5 Å². The van der Waals surface area contributed by atoms with Crippen molar-refractivity contribution in [1.82, 2.24) is 0 Å². The van der Waals surface area contributed by atoms with E-state index in [1.165, 1.54) is 11.8 Å². The largest absolute Gasteiger partial charge is 0.494 e. The number of nitrogens with two attached hydrogens (primary N) is 1. The third-order valence-corrected chi connectivity index (χ3v) is 4.69. The van der Waals surface area contributed by atoms with Gasteiger partial charge >= 0.3 is 0 Å². The number of benzene rings is 2. The standard InChI is InChI=1S/C20H21N3O2S/c1-3-25-17-10-8-16(9-11-17)23-20(18(12-21)19(22)24)26-13-15-7-5-4-6-14(15)2/h4-11,23H,3,13H2,1-2H3,(H2,22,24)/b20-18+. The van der Waals surface area contributed by atoms with Crippen LogP contribution in [0.15, 0.2) is 59.1 Å². The van der Waals surface area contributed by atoms with E-state index >= 15 is 0 Å². The number of amides is 1. The molecule has 0 atom stereocenters. The number of anilines is 1. The van der Waals surface area contributed by atoms with Crippen molar-refractivity contribution in [2.75, 3.05) is 11.9 Å². The second-order valence-electron chi connectivity index (χ2n) is 5.48. The van der Waals surface area contributed by atoms with Crippen molar-refractivity contribution in [3.63, 3.8) is 0 Å². The molecule has 3 N–H and O–H groups in total. The Balaban J connectivity index is 2.23. The van der Waals surface area contributed by atoms with Crippen molar-refractivity contribution in [1.29, 1.82) is 5.26 Å². The number of ether oxygens (including phenoxy) is 1. The number of hydrogen-bond acceptors (Lipinski definition) is 5. The molecule has 0 aromatic heterocycles. The molecule has 0 fully saturated rings. The average molecular weight is 367 g/mol. The van der Waals surface area contributed by atoms with Gasteiger partial charge in [0.05, 0.1) is 11.6 Å². The van der Waals surface area contributed by atoms with Gasteiger partial charge in [-0.1, -0.05) is 24.3 Å². The molecule has 2 aromatic carbocycles. The predicted molar refractivity (Wildman–Crippen MR) is 106 cm³/mol. The Labute approximate surface area is 157 Å². The van der Waals surface area contributed by atoms with Gasteiger partial charge in [-0.2, -0.15) is 5.26 Å². The van der Waals surface area contributed by atoms with Gasteiger partial charge in [0.15, 0.2) is 0 Å². The van der Waals surface area contributed by atoms with Crippen molar-refractivity contribution in [2.24, 2.45) is 5.73 Å². The Morgan fingerprint density at radius 1 is 1.23 bits per heavy atom. The molecule has 0 aliphatic heterocycles. The molecule has 6 heteroatoms. The van der Waals surface area contributed by atoms with Gasteiger partial charge in [-0.05, 0) is 49.2 Å². The fourth-order valence-corrected chi connectivity index (χ4v) is 3.35. The maximum atomic E-state index is 11.6. The Morgan fingerprint density at radius 2 is 1.92 bits per heavy atom. The van der Waals surface area contributed by atoms with Crippen LogP contribution in [0.2, 0.25) is 0 Å². The van der Waals surface area contributed by atoms with Gasteiger partial charge < -0.3 is 15.8 Å². The molecule has 1 amide bonds. The number of thioether (sulfide) groups is 1. The zero-order valence-corrected chi connectivity index (χ0v) is 15.6. The summed E-state index contributed by atoms with van der Waals surface area (Å²) in [6.45, 7) is 4.53. The molecular formula is C20H21N3O2S. The summed E-state index contributed by atoms with van der Waals surface area (Å²) in [5.74, 6) is 0.620. The predicted octanol–water partition coefficient (Wildman–Crippen LogP) is 3.96. The summed E-state index contributed by atoms with van der Waals surface area (Å²) in [7, 11) is 0. The average Bonchev–Trinajstić information content (AvgIpc) is 2.63. The van der Waals surface area contributed by atoms with Crippen molar-refractivity contribution < 1.29 is 9.53 Å². The minimum Gasteiger partial charge on any atom is -0.494 e. The van der Waals surface area contributed by atoms with Gasteiger partial charge in [0, 0.05) is 11.4 Å². The molecule has 5 nitrogen and oxygen atoms in total. The zero-order valence-electron chi connectivity index (χ0n) is 14.8. The van der Waals surface area contributed by atoms with Gasteiger partial charge in [-0.25, -0.2) is 0 Å². The van der Waals surface area contributed by atoms with Crippen molar-refractivity contribution in [2.45, 2.75) is 19.6 Å². The highest BCUT2D eigenvalue weighted by atomic mass is 32.2. The maximum absolute atomic E-state index is 11.6. The topological polar surface area (TPSA) is 88.1 Å². The van der Waals surface area contributed by atoms with E-state index in [1.54, 1.807) is 0 Å². The fourth-order valence-electron chi connectivity index (χ4n) is 2.24. The first-order valence-corrected chi connectivity index (χ1v) is 9.15. The van der Waals surface area contributed by atoms with Crippen molar-refractivity contribution in [3.05, 3.63) is 70.3 Å². The molecule has 0 spiro atoms. The second-order valence-corrected chi connectivity index (χ2v) is 6.46. The van der Waals surface area contributed by atoms with E-state index in [0.717, 1.165) is 22.6 Å². The first-order valence-electron chi connectivity index (χ1n) is 8.16. The van der Waals surface area contributed by atoms with Crippen LogP contribution in [-0.2, 0) is 10.5 Å². The van der Waals surface area contributed by atoms with E-state index in [2.05, 4.69) is 5.32 Å². The van der Waals surface area contributed by atoms with Crippen LogP contribution < -0.4 is 15.8 Å². The van der Waals surface area contributed by atoms with Crippen molar-refractivity contribution >= 4 is 23.4 Å². The van der Waals surface area contributed by atoms with Crippen LogP contribution in [0.25, 0.3) is 0 Å². The third kappa shape index (κ3) is 5.30. The van der Waals surface area contributed by atoms with E-state index < -0.39 is 5.91 Å². The number of nitriles is 1. The van der Waals surface area contributed by atoms with Gasteiger partial charge in [0.25, 0.3) is 5.91 Å². The molecular weight excluding hydrogens is 346 g/mol. The molecule has 2 aromatic rings. The Kier molecular flexibility index (Phi) is 7.12. The van der Waals surface area contributed by atoms with E-state index in [0.29, 0.717) is 17.4 Å². The highest BCUT2D eigenvalue weighted by Crippen LogP contribution is 2.28. The smallest absolute Gasteiger partial charge is 0.262 e. The van der Waals surface area contributed by atoms with E-state index in [4.69, 9.17) is 10.5 Å². The number of nitrogens with one attached hydrogen (secondary N) is 1. The van der Waals surface area contributed by atoms with Crippen LogP contribution in [0.1, 0.15) is 18.1 Å². The number of hydrogen-bond donors (Lipinski definition) is 2. The highest BCUT2D eigenvalue weighted by Gasteiger charge is 2.14. The lowest BCUT2D eigenvalue weighted by Gasteiger charge is -2.13. The number of carbonyl (C=O) groups excluding carboxylic acids is 1. The molecule has 0 aliphatic carbocycles. The minimum absolute atomic E-state index is 0.0857. The van der Waals surface area contributed by atoms with Gasteiger partial charge in [0.1, 0.15) is 17.4 Å². The third-order valence-electron chi connectivity index (χ3n) is 3.64. The molecule has 26 heavy (non-hydrogen) atoms.